The molecule has 0 saturated heterocycles. The number of carbonyl (C=O) groups is 1. The Bertz CT molecular complexity index is 707. The first-order valence-corrected chi connectivity index (χ1v) is 6.44. The Hall–Kier alpha value is -2.04. The van der Waals surface area contributed by atoms with Crippen molar-refractivity contribution in [1.82, 2.24) is 9.55 Å². The lowest BCUT2D eigenvalue weighted by Crippen LogP contribution is -2.34. The lowest BCUT2D eigenvalue weighted by Gasteiger charge is -2.38. The largest absolute Gasteiger partial charge is 0.478 e. The van der Waals surface area contributed by atoms with Crippen LogP contribution in [0.25, 0.3) is 11.0 Å². The van der Waals surface area contributed by atoms with E-state index in [4.69, 9.17) is 5.11 Å². The molecule has 3 rings (SSSR count). The number of H-pyrrole nitrogens is 1. The minimum Gasteiger partial charge on any atom is -0.478 e. The van der Waals surface area contributed by atoms with Crippen molar-refractivity contribution in [3.05, 3.63) is 34.2 Å². The topological polar surface area (TPSA) is 75.1 Å². The average Bonchev–Trinajstić information content (AvgIpc) is 2.63. The summed E-state index contributed by atoms with van der Waals surface area (Å²) in [6, 6.07) is 4.76. The smallest absolute Gasteiger partial charge is 0.335 e. The standard InChI is InChI=1S/C14H16N2O3/c1-14(5-2-6-14)8-16-11-4-3-9(12(17)18)7-10(11)15-13(16)19/h3-4,7H,2,5-6,8H2,1H3,(H,15,19)(H,17,18). The number of aromatic nitrogens is 2. The van der Waals surface area contributed by atoms with Gasteiger partial charge in [0.05, 0.1) is 16.6 Å². The van der Waals surface area contributed by atoms with Crippen molar-refractivity contribution < 1.29 is 9.90 Å². The molecule has 19 heavy (non-hydrogen) atoms. The molecule has 1 fully saturated rings. The fourth-order valence-corrected chi connectivity index (χ4v) is 2.77. The minimum absolute atomic E-state index is 0.161. The number of benzene rings is 1. The number of nitrogens with one attached hydrogen (secondary N) is 1. The number of hydrogen-bond donors (Lipinski definition) is 2. The monoisotopic (exact) mass is 260 g/mol. The van der Waals surface area contributed by atoms with Gasteiger partial charge >= 0.3 is 11.7 Å². The van der Waals surface area contributed by atoms with Gasteiger partial charge in [0.1, 0.15) is 0 Å². The van der Waals surface area contributed by atoms with Crippen LogP contribution in [0.15, 0.2) is 23.0 Å². The number of carboxylic acid groups (broad SMARTS) is 1. The van der Waals surface area contributed by atoms with Crippen molar-refractivity contribution in [3.63, 3.8) is 0 Å². The summed E-state index contributed by atoms with van der Waals surface area (Å²) in [5.41, 5.74) is 1.60. The van der Waals surface area contributed by atoms with Crippen molar-refractivity contribution in [1.29, 1.82) is 0 Å². The van der Waals surface area contributed by atoms with E-state index in [1.54, 1.807) is 10.6 Å². The van der Waals surface area contributed by atoms with Crippen LogP contribution in [-0.4, -0.2) is 20.6 Å². The number of nitrogens with zero attached hydrogens (tertiary/aromatic N) is 1. The van der Waals surface area contributed by atoms with E-state index in [1.807, 2.05) is 0 Å². The van der Waals surface area contributed by atoms with Gasteiger partial charge in [-0.1, -0.05) is 13.3 Å². The number of rotatable bonds is 3. The fraction of sp³-hybridized carbons (Fsp3) is 0.429. The summed E-state index contributed by atoms with van der Waals surface area (Å²) in [5, 5.41) is 8.96. The van der Waals surface area contributed by atoms with Crippen molar-refractivity contribution in [3.8, 4) is 0 Å². The molecule has 100 valence electrons. The molecule has 0 atom stereocenters. The van der Waals surface area contributed by atoms with Gasteiger partial charge in [0.25, 0.3) is 0 Å². The van der Waals surface area contributed by atoms with Crippen molar-refractivity contribution in [2.45, 2.75) is 32.7 Å². The highest BCUT2D eigenvalue weighted by Gasteiger charge is 2.33. The Balaban J connectivity index is 2.07. The van der Waals surface area contributed by atoms with Crippen LogP contribution in [-0.2, 0) is 6.54 Å². The molecular weight excluding hydrogens is 244 g/mol. The number of aromatic carboxylic acids is 1. The minimum atomic E-state index is -0.985. The third-order valence-electron chi connectivity index (χ3n) is 4.12. The Morgan fingerprint density at radius 2 is 2.21 bits per heavy atom. The van der Waals surface area contributed by atoms with Crippen LogP contribution in [0.3, 0.4) is 0 Å². The first-order chi connectivity index (χ1) is 8.98. The quantitative estimate of drug-likeness (QED) is 0.888. The van der Waals surface area contributed by atoms with Gasteiger partial charge < -0.3 is 10.1 Å². The van der Waals surface area contributed by atoms with Gasteiger partial charge in [-0.05, 0) is 36.5 Å². The second-order valence-corrected chi connectivity index (χ2v) is 5.72. The van der Waals surface area contributed by atoms with Gasteiger partial charge in [0.2, 0.25) is 0 Å². The summed E-state index contributed by atoms with van der Waals surface area (Å²) in [7, 11) is 0. The highest BCUT2D eigenvalue weighted by molar-refractivity contribution is 5.92. The van der Waals surface area contributed by atoms with Crippen LogP contribution in [0, 0.1) is 5.41 Å². The van der Waals surface area contributed by atoms with Gasteiger partial charge in [-0.25, -0.2) is 9.59 Å². The molecule has 1 heterocycles. The van der Waals surface area contributed by atoms with Gasteiger partial charge in [-0.2, -0.15) is 0 Å². The Morgan fingerprint density at radius 3 is 2.79 bits per heavy atom. The maximum absolute atomic E-state index is 12.0. The molecule has 0 unspecified atom stereocenters. The number of fused-ring (bicyclic) bond motifs is 1. The molecule has 5 nitrogen and oxygen atoms in total. The van der Waals surface area contributed by atoms with E-state index in [1.165, 1.54) is 18.6 Å². The predicted molar refractivity (Wildman–Crippen MR) is 71.5 cm³/mol. The van der Waals surface area contributed by atoms with Crippen LogP contribution in [0.4, 0.5) is 0 Å². The molecule has 0 amide bonds. The van der Waals surface area contributed by atoms with Crippen LogP contribution >= 0.6 is 0 Å². The molecule has 0 spiro atoms. The molecule has 1 aliphatic carbocycles. The van der Waals surface area contributed by atoms with Crippen LogP contribution in [0.2, 0.25) is 0 Å². The normalized spacial score (nSPS) is 17.3. The molecule has 5 heteroatoms. The molecule has 0 bridgehead atoms. The third kappa shape index (κ3) is 1.95. The van der Waals surface area contributed by atoms with E-state index in [2.05, 4.69) is 11.9 Å². The highest BCUT2D eigenvalue weighted by Crippen LogP contribution is 2.41. The van der Waals surface area contributed by atoms with Gasteiger partial charge in [0, 0.05) is 6.54 Å². The molecule has 2 aromatic rings. The Kier molecular flexibility index (Phi) is 2.52. The summed E-state index contributed by atoms with van der Waals surface area (Å²) in [4.78, 5) is 25.7. The summed E-state index contributed by atoms with van der Waals surface area (Å²) in [6.07, 6.45) is 3.50. The zero-order chi connectivity index (χ0) is 13.6. The Labute approximate surface area is 109 Å². The van der Waals surface area contributed by atoms with Crippen molar-refractivity contribution >= 4 is 17.0 Å². The number of carboxylic acids is 1. The fourth-order valence-electron chi connectivity index (χ4n) is 2.77. The maximum Gasteiger partial charge on any atom is 0.335 e. The first kappa shape index (κ1) is 12.0. The van der Waals surface area contributed by atoms with Gasteiger partial charge in [-0.15, -0.1) is 0 Å². The van der Waals surface area contributed by atoms with E-state index in [-0.39, 0.29) is 16.7 Å². The van der Waals surface area contributed by atoms with Crippen molar-refractivity contribution in [2.75, 3.05) is 0 Å². The van der Waals surface area contributed by atoms with E-state index in [0.29, 0.717) is 12.1 Å². The van der Waals surface area contributed by atoms with Crippen LogP contribution in [0.1, 0.15) is 36.5 Å². The number of aromatic amines is 1. The molecule has 1 saturated carbocycles. The van der Waals surface area contributed by atoms with Crippen LogP contribution < -0.4 is 5.69 Å². The molecular formula is C14H16N2O3. The molecule has 0 radical (unpaired) electrons. The molecule has 1 aromatic carbocycles. The summed E-state index contributed by atoms with van der Waals surface area (Å²) >= 11 is 0. The van der Waals surface area contributed by atoms with E-state index < -0.39 is 5.97 Å². The SMILES string of the molecule is CC1(Cn2c(=O)[nH]c3cc(C(=O)O)ccc32)CCC1. The highest BCUT2D eigenvalue weighted by atomic mass is 16.4. The van der Waals surface area contributed by atoms with E-state index in [9.17, 15) is 9.59 Å². The molecule has 1 aromatic heterocycles. The molecule has 0 aliphatic heterocycles. The molecule has 2 N–H and O–H groups in total. The third-order valence-corrected chi connectivity index (χ3v) is 4.12. The maximum atomic E-state index is 12.0. The van der Waals surface area contributed by atoms with Crippen molar-refractivity contribution in [2.24, 2.45) is 5.41 Å². The van der Waals surface area contributed by atoms with Crippen LogP contribution in [0.5, 0.6) is 0 Å². The number of imidazole rings is 1. The zero-order valence-electron chi connectivity index (χ0n) is 10.8. The average molecular weight is 260 g/mol. The summed E-state index contributed by atoms with van der Waals surface area (Å²) in [6.45, 7) is 2.88. The molecule has 1 aliphatic rings. The lowest BCUT2D eigenvalue weighted by molar-refractivity contribution is 0.0697. The predicted octanol–water partition coefficient (Wildman–Crippen LogP) is 2.22. The second kappa shape index (κ2) is 3.98. The summed E-state index contributed by atoms with van der Waals surface area (Å²) in [5.74, 6) is -0.985. The summed E-state index contributed by atoms with van der Waals surface area (Å²) < 4.78 is 1.72. The van der Waals surface area contributed by atoms with E-state index in [0.717, 1.165) is 18.4 Å². The zero-order valence-corrected chi connectivity index (χ0v) is 10.8. The number of hydrogen-bond acceptors (Lipinski definition) is 2. The lowest BCUT2D eigenvalue weighted by atomic mass is 9.70. The van der Waals surface area contributed by atoms with E-state index >= 15 is 0 Å². The van der Waals surface area contributed by atoms with Gasteiger partial charge in [-0.3, -0.25) is 4.57 Å². The first-order valence-electron chi connectivity index (χ1n) is 6.44. The Morgan fingerprint density at radius 1 is 1.47 bits per heavy atom. The van der Waals surface area contributed by atoms with Gasteiger partial charge in [0.15, 0.2) is 0 Å². The second-order valence-electron chi connectivity index (χ2n) is 5.72.